The Morgan fingerprint density at radius 3 is 2.88 bits per heavy atom. The van der Waals surface area contributed by atoms with Gasteiger partial charge in [-0.25, -0.2) is 9.37 Å². The van der Waals surface area contributed by atoms with Crippen LogP contribution in [0.5, 0.6) is 0 Å². The second kappa shape index (κ2) is 3.70. The maximum Gasteiger partial charge on any atom is 0.225 e. The molecule has 2 heterocycles. The summed E-state index contributed by atoms with van der Waals surface area (Å²) in [7, 11) is 0. The smallest absolute Gasteiger partial charge is 0.225 e. The number of hydrogen-bond acceptors (Lipinski definition) is 2. The van der Waals surface area contributed by atoms with Gasteiger partial charge in [-0.3, -0.25) is 0 Å². The molecule has 0 amide bonds. The lowest BCUT2D eigenvalue weighted by molar-refractivity contribution is 0.603. The van der Waals surface area contributed by atoms with E-state index in [0.717, 1.165) is 16.5 Å². The van der Waals surface area contributed by atoms with Crippen LogP contribution in [0, 0.1) is 12.7 Å². The molecule has 17 heavy (non-hydrogen) atoms. The molecule has 1 aromatic carbocycles. The Hall–Kier alpha value is -2.16. The number of halogens is 1. The Bertz CT molecular complexity index is 688. The van der Waals surface area contributed by atoms with E-state index < -0.39 is 0 Å². The van der Waals surface area contributed by atoms with Crippen molar-refractivity contribution in [2.45, 2.75) is 6.92 Å². The Labute approximate surface area is 97.7 Å². The minimum atomic E-state index is -0.227. The third-order valence-electron chi connectivity index (χ3n) is 2.74. The summed E-state index contributed by atoms with van der Waals surface area (Å²) >= 11 is 0. The molecule has 0 spiro atoms. The van der Waals surface area contributed by atoms with Gasteiger partial charge in [-0.15, -0.1) is 0 Å². The predicted molar refractivity (Wildman–Crippen MR) is 64.1 cm³/mol. The molecule has 0 aliphatic carbocycles. The third-order valence-corrected chi connectivity index (χ3v) is 2.74. The average molecular weight is 227 g/mol. The first-order valence-corrected chi connectivity index (χ1v) is 5.34. The number of hydrogen-bond donors (Lipinski definition) is 0. The van der Waals surface area contributed by atoms with Gasteiger partial charge in [-0.05, 0) is 30.7 Å². The van der Waals surface area contributed by atoms with Crippen molar-refractivity contribution in [1.29, 1.82) is 0 Å². The molecule has 0 atom stereocenters. The van der Waals surface area contributed by atoms with Crippen molar-refractivity contribution in [3.8, 4) is 11.1 Å². The second-order valence-electron chi connectivity index (χ2n) is 4.02. The Kier molecular flexibility index (Phi) is 2.18. The fourth-order valence-electron chi connectivity index (χ4n) is 1.86. The first-order valence-electron chi connectivity index (χ1n) is 5.34. The summed E-state index contributed by atoms with van der Waals surface area (Å²) in [5, 5.41) is 0.877. The van der Waals surface area contributed by atoms with Crippen molar-refractivity contribution in [1.82, 2.24) is 4.98 Å². The molecule has 0 saturated carbocycles. The zero-order valence-corrected chi connectivity index (χ0v) is 9.27. The number of aromatic nitrogens is 1. The maximum atomic E-state index is 13.8. The van der Waals surface area contributed by atoms with E-state index in [1.54, 1.807) is 18.5 Å². The molecule has 0 bridgehead atoms. The predicted octanol–water partition coefficient (Wildman–Crippen LogP) is 3.94. The molecular formula is C14H10FNO. The molecule has 0 radical (unpaired) electrons. The molecule has 0 aliphatic heterocycles. The molecule has 0 N–H and O–H groups in total. The van der Waals surface area contributed by atoms with E-state index >= 15 is 0 Å². The summed E-state index contributed by atoms with van der Waals surface area (Å²) in [6.45, 7) is 1.87. The van der Waals surface area contributed by atoms with Gasteiger partial charge in [0.15, 0.2) is 0 Å². The minimum Gasteiger partial charge on any atom is -0.446 e. The summed E-state index contributed by atoms with van der Waals surface area (Å²) in [4.78, 5) is 4.15. The van der Waals surface area contributed by atoms with E-state index in [2.05, 4.69) is 4.98 Å². The largest absolute Gasteiger partial charge is 0.446 e. The summed E-state index contributed by atoms with van der Waals surface area (Å²) in [5.74, 6) is -0.227. The van der Waals surface area contributed by atoms with Gasteiger partial charge in [-0.2, -0.15) is 0 Å². The topological polar surface area (TPSA) is 26.0 Å². The van der Waals surface area contributed by atoms with Crippen molar-refractivity contribution in [2.75, 3.05) is 0 Å². The fourth-order valence-corrected chi connectivity index (χ4v) is 1.86. The standard InChI is InChI=1S/C14H10FNO/c1-9-2-3-12(13(15)6-9)11-7-10-4-5-17-14(10)16-8-11/h2-8H,1H3. The summed E-state index contributed by atoms with van der Waals surface area (Å²) in [6, 6.07) is 8.87. The zero-order valence-electron chi connectivity index (χ0n) is 9.27. The highest BCUT2D eigenvalue weighted by Gasteiger charge is 2.07. The molecule has 0 fully saturated rings. The van der Waals surface area contributed by atoms with Gasteiger partial charge in [0.05, 0.1) is 6.26 Å². The molecular weight excluding hydrogens is 217 g/mol. The van der Waals surface area contributed by atoms with Crippen LogP contribution >= 0.6 is 0 Å². The van der Waals surface area contributed by atoms with Crippen LogP contribution in [0.25, 0.3) is 22.2 Å². The van der Waals surface area contributed by atoms with E-state index in [-0.39, 0.29) is 5.82 Å². The SMILES string of the molecule is Cc1ccc(-c2cnc3occc3c2)c(F)c1. The molecule has 2 nitrogen and oxygen atoms in total. The number of rotatable bonds is 1. The fraction of sp³-hybridized carbons (Fsp3) is 0.0714. The summed E-state index contributed by atoms with van der Waals surface area (Å²) < 4.78 is 19.0. The first-order chi connectivity index (χ1) is 8.24. The molecule has 3 heteroatoms. The Morgan fingerprint density at radius 2 is 2.06 bits per heavy atom. The number of nitrogens with zero attached hydrogens (tertiary/aromatic N) is 1. The third kappa shape index (κ3) is 1.69. The zero-order chi connectivity index (χ0) is 11.8. The van der Waals surface area contributed by atoms with Crippen LogP contribution in [0.4, 0.5) is 4.39 Å². The Balaban J connectivity index is 2.19. The van der Waals surface area contributed by atoms with Crippen molar-refractivity contribution >= 4 is 11.1 Å². The molecule has 0 aliphatic rings. The van der Waals surface area contributed by atoms with Crippen LogP contribution in [0.3, 0.4) is 0 Å². The van der Waals surface area contributed by atoms with Gasteiger partial charge in [-0.1, -0.05) is 12.1 Å². The van der Waals surface area contributed by atoms with Crippen LogP contribution in [0.2, 0.25) is 0 Å². The van der Waals surface area contributed by atoms with E-state index in [0.29, 0.717) is 11.3 Å². The molecule has 84 valence electrons. The number of pyridine rings is 1. The van der Waals surface area contributed by atoms with Gasteiger partial charge >= 0.3 is 0 Å². The van der Waals surface area contributed by atoms with E-state index in [9.17, 15) is 4.39 Å². The monoisotopic (exact) mass is 227 g/mol. The highest BCUT2D eigenvalue weighted by molar-refractivity contribution is 5.79. The number of fused-ring (bicyclic) bond motifs is 1. The summed E-state index contributed by atoms with van der Waals surface area (Å²) in [6.07, 6.45) is 3.20. The van der Waals surface area contributed by atoms with Crippen LogP contribution in [0.15, 0.2) is 47.2 Å². The van der Waals surface area contributed by atoms with Gasteiger partial charge in [0.1, 0.15) is 5.82 Å². The van der Waals surface area contributed by atoms with Gasteiger partial charge in [0.2, 0.25) is 5.71 Å². The minimum absolute atomic E-state index is 0.227. The molecule has 2 aromatic heterocycles. The average Bonchev–Trinajstić information content (AvgIpc) is 2.75. The molecule has 0 saturated heterocycles. The van der Waals surface area contributed by atoms with Crippen molar-refractivity contribution in [3.05, 3.63) is 54.2 Å². The van der Waals surface area contributed by atoms with Crippen LogP contribution in [0.1, 0.15) is 5.56 Å². The molecule has 0 unspecified atom stereocenters. The lowest BCUT2D eigenvalue weighted by Crippen LogP contribution is -1.86. The Morgan fingerprint density at radius 1 is 1.18 bits per heavy atom. The highest BCUT2D eigenvalue weighted by atomic mass is 19.1. The van der Waals surface area contributed by atoms with Crippen molar-refractivity contribution in [3.63, 3.8) is 0 Å². The van der Waals surface area contributed by atoms with Crippen LogP contribution < -0.4 is 0 Å². The van der Waals surface area contributed by atoms with E-state index in [1.165, 1.54) is 6.07 Å². The van der Waals surface area contributed by atoms with Crippen molar-refractivity contribution in [2.24, 2.45) is 0 Å². The number of benzene rings is 1. The molecule has 3 aromatic rings. The second-order valence-corrected chi connectivity index (χ2v) is 4.02. The van der Waals surface area contributed by atoms with Crippen LogP contribution in [-0.2, 0) is 0 Å². The van der Waals surface area contributed by atoms with Gasteiger partial charge in [0.25, 0.3) is 0 Å². The summed E-state index contributed by atoms with van der Waals surface area (Å²) in [5.41, 5.74) is 2.80. The number of aryl methyl sites for hydroxylation is 1. The van der Waals surface area contributed by atoms with Gasteiger partial charge in [0, 0.05) is 22.7 Å². The lowest BCUT2D eigenvalue weighted by Gasteiger charge is -2.03. The van der Waals surface area contributed by atoms with Crippen LogP contribution in [-0.4, -0.2) is 4.98 Å². The lowest BCUT2D eigenvalue weighted by atomic mass is 10.0. The quantitative estimate of drug-likeness (QED) is 0.629. The number of furan rings is 1. The van der Waals surface area contributed by atoms with Crippen molar-refractivity contribution < 1.29 is 8.81 Å². The maximum absolute atomic E-state index is 13.8. The first kappa shape index (κ1) is 10.0. The molecule has 3 rings (SSSR count). The van der Waals surface area contributed by atoms with E-state index in [1.807, 2.05) is 25.1 Å². The van der Waals surface area contributed by atoms with Gasteiger partial charge < -0.3 is 4.42 Å². The van der Waals surface area contributed by atoms with E-state index in [4.69, 9.17) is 4.42 Å². The normalized spacial score (nSPS) is 10.9. The highest BCUT2D eigenvalue weighted by Crippen LogP contribution is 2.26.